The molecule has 0 atom stereocenters. The van der Waals surface area contributed by atoms with Crippen LogP contribution in [-0.4, -0.2) is 23.6 Å². The summed E-state index contributed by atoms with van der Waals surface area (Å²) in [4.78, 5) is 25.2. The van der Waals surface area contributed by atoms with E-state index in [2.05, 4.69) is 4.98 Å². The number of rotatable bonds is 3. The van der Waals surface area contributed by atoms with Crippen LogP contribution in [0.1, 0.15) is 20.7 Å². The second-order valence-corrected chi connectivity index (χ2v) is 2.21. The molecule has 0 aromatic carbocycles. The number of Topliss-reactive ketones (excluding diaryl/α,β-unsaturated/α-hetero) is 1. The van der Waals surface area contributed by atoms with Crippen LogP contribution in [-0.2, 0) is 0 Å². The Bertz CT molecular complexity index is 310. The molecule has 0 fully saturated rings. The van der Waals surface area contributed by atoms with Crippen LogP contribution in [0.25, 0.3) is 0 Å². The van der Waals surface area contributed by atoms with Crippen molar-refractivity contribution in [2.24, 2.45) is 5.73 Å². The number of aldehydes is 1. The van der Waals surface area contributed by atoms with Gasteiger partial charge < -0.3 is 5.73 Å². The zero-order chi connectivity index (χ0) is 8.97. The number of hydrogen-bond donors (Lipinski definition) is 1. The van der Waals surface area contributed by atoms with Gasteiger partial charge in [0.2, 0.25) is 0 Å². The first kappa shape index (κ1) is 8.55. The van der Waals surface area contributed by atoms with Crippen molar-refractivity contribution < 1.29 is 9.59 Å². The zero-order valence-corrected chi connectivity index (χ0v) is 6.36. The molecular weight excluding hydrogens is 156 g/mol. The van der Waals surface area contributed by atoms with Gasteiger partial charge in [0.15, 0.2) is 12.1 Å². The van der Waals surface area contributed by atoms with Gasteiger partial charge in [-0.05, 0) is 6.07 Å². The van der Waals surface area contributed by atoms with E-state index < -0.39 is 0 Å². The van der Waals surface area contributed by atoms with E-state index in [1.54, 1.807) is 0 Å². The van der Waals surface area contributed by atoms with E-state index in [9.17, 15) is 9.59 Å². The van der Waals surface area contributed by atoms with Crippen LogP contribution in [0, 0.1) is 0 Å². The number of carbonyl (C=O) groups is 2. The summed E-state index contributed by atoms with van der Waals surface area (Å²) in [7, 11) is 0. The van der Waals surface area contributed by atoms with Crippen molar-refractivity contribution in [2.75, 3.05) is 6.54 Å². The van der Waals surface area contributed by atoms with Crippen molar-refractivity contribution in [3.63, 3.8) is 0 Å². The Morgan fingerprint density at radius 3 is 3.00 bits per heavy atom. The quantitative estimate of drug-likeness (QED) is 0.505. The number of nitrogens with two attached hydrogens (primary N) is 1. The molecule has 0 aliphatic rings. The van der Waals surface area contributed by atoms with Crippen LogP contribution in [0.15, 0.2) is 18.5 Å². The van der Waals surface area contributed by atoms with Crippen molar-refractivity contribution in [3.05, 3.63) is 29.6 Å². The third kappa shape index (κ3) is 1.54. The number of hydrogen-bond acceptors (Lipinski definition) is 4. The predicted molar refractivity (Wildman–Crippen MR) is 43.0 cm³/mol. The lowest BCUT2D eigenvalue weighted by Crippen LogP contribution is -2.15. The summed E-state index contributed by atoms with van der Waals surface area (Å²) in [5.74, 6) is -0.250. The highest BCUT2D eigenvalue weighted by molar-refractivity contribution is 6.03. The summed E-state index contributed by atoms with van der Waals surface area (Å²) in [6, 6.07) is 1.49. The minimum absolute atomic E-state index is 0.0924. The lowest BCUT2D eigenvalue weighted by atomic mass is 10.1. The van der Waals surface area contributed by atoms with Crippen molar-refractivity contribution >= 4 is 12.1 Å². The summed E-state index contributed by atoms with van der Waals surface area (Å²) in [5, 5.41) is 0. The van der Waals surface area contributed by atoms with Crippen molar-refractivity contribution in [2.45, 2.75) is 0 Å². The maximum Gasteiger partial charge on any atom is 0.177 e. The maximum absolute atomic E-state index is 11.1. The molecule has 0 unspecified atom stereocenters. The first-order valence-electron chi connectivity index (χ1n) is 3.42. The van der Waals surface area contributed by atoms with Crippen LogP contribution in [0.2, 0.25) is 0 Å². The second-order valence-electron chi connectivity index (χ2n) is 2.21. The fraction of sp³-hybridized carbons (Fsp3) is 0.125. The second kappa shape index (κ2) is 3.73. The SMILES string of the molecule is NCC(=O)c1ccncc1C=O. The normalized spacial score (nSPS) is 9.42. The summed E-state index contributed by atoms with van der Waals surface area (Å²) in [6.07, 6.45) is 3.39. The molecular formula is C8H8N2O2. The monoisotopic (exact) mass is 164 g/mol. The molecule has 1 aromatic rings. The first-order chi connectivity index (χ1) is 5.79. The molecule has 2 N–H and O–H groups in total. The van der Waals surface area contributed by atoms with Gasteiger partial charge in [-0.1, -0.05) is 0 Å². The highest BCUT2D eigenvalue weighted by Crippen LogP contribution is 2.03. The van der Waals surface area contributed by atoms with Gasteiger partial charge in [-0.3, -0.25) is 14.6 Å². The van der Waals surface area contributed by atoms with E-state index in [4.69, 9.17) is 5.73 Å². The minimum Gasteiger partial charge on any atom is -0.324 e. The van der Waals surface area contributed by atoms with E-state index >= 15 is 0 Å². The van der Waals surface area contributed by atoms with Crippen LogP contribution in [0.5, 0.6) is 0 Å². The van der Waals surface area contributed by atoms with Gasteiger partial charge in [-0.15, -0.1) is 0 Å². The maximum atomic E-state index is 11.1. The van der Waals surface area contributed by atoms with Gasteiger partial charge in [0, 0.05) is 23.5 Å². The predicted octanol–water partition coefficient (Wildman–Crippen LogP) is 0.0355. The molecule has 0 bridgehead atoms. The van der Waals surface area contributed by atoms with Crippen LogP contribution < -0.4 is 5.73 Å². The van der Waals surface area contributed by atoms with Gasteiger partial charge >= 0.3 is 0 Å². The summed E-state index contributed by atoms with van der Waals surface area (Å²) in [6.45, 7) is -0.0924. The Labute approximate surface area is 69.4 Å². The summed E-state index contributed by atoms with van der Waals surface area (Å²) in [5.41, 5.74) is 5.76. The lowest BCUT2D eigenvalue weighted by molar-refractivity contribution is 0.0994. The topological polar surface area (TPSA) is 73.1 Å². The highest BCUT2D eigenvalue weighted by Gasteiger charge is 2.07. The molecule has 1 heterocycles. The lowest BCUT2D eigenvalue weighted by Gasteiger charge is -1.98. The largest absolute Gasteiger partial charge is 0.324 e. The molecule has 62 valence electrons. The van der Waals surface area contributed by atoms with Crippen LogP contribution >= 0.6 is 0 Å². The zero-order valence-electron chi connectivity index (χ0n) is 6.36. The number of ketones is 1. The Hall–Kier alpha value is -1.55. The molecule has 4 nitrogen and oxygen atoms in total. The average molecular weight is 164 g/mol. The van der Waals surface area contributed by atoms with Gasteiger partial charge in [0.1, 0.15) is 0 Å². The third-order valence-electron chi connectivity index (χ3n) is 1.46. The standard InChI is InChI=1S/C8H8N2O2/c9-3-8(12)7-1-2-10-4-6(7)5-11/h1-2,4-5H,3,9H2. The smallest absolute Gasteiger partial charge is 0.177 e. The Balaban J connectivity index is 3.13. The molecule has 4 heteroatoms. The molecule has 1 rings (SSSR count). The molecule has 0 radical (unpaired) electrons. The number of carbonyl (C=O) groups excluding carboxylic acids is 2. The Morgan fingerprint density at radius 1 is 1.67 bits per heavy atom. The average Bonchev–Trinajstić information content (AvgIpc) is 2.16. The van der Waals surface area contributed by atoms with E-state index in [0.29, 0.717) is 11.8 Å². The van der Waals surface area contributed by atoms with Crippen molar-refractivity contribution in [1.29, 1.82) is 0 Å². The van der Waals surface area contributed by atoms with Crippen LogP contribution in [0.3, 0.4) is 0 Å². The Morgan fingerprint density at radius 2 is 2.42 bits per heavy atom. The van der Waals surface area contributed by atoms with E-state index in [1.807, 2.05) is 0 Å². The summed E-state index contributed by atoms with van der Waals surface area (Å²) >= 11 is 0. The Kier molecular flexibility index (Phi) is 2.66. The molecule has 0 spiro atoms. The van der Waals surface area contributed by atoms with Crippen molar-refractivity contribution in [1.82, 2.24) is 4.98 Å². The summed E-state index contributed by atoms with van der Waals surface area (Å²) < 4.78 is 0. The van der Waals surface area contributed by atoms with E-state index in [1.165, 1.54) is 18.5 Å². The van der Waals surface area contributed by atoms with E-state index in [0.717, 1.165) is 0 Å². The van der Waals surface area contributed by atoms with E-state index in [-0.39, 0.29) is 17.9 Å². The fourth-order valence-corrected chi connectivity index (χ4v) is 0.864. The number of pyridine rings is 1. The molecule has 1 aromatic heterocycles. The molecule has 0 saturated carbocycles. The molecule has 12 heavy (non-hydrogen) atoms. The molecule has 0 amide bonds. The van der Waals surface area contributed by atoms with Crippen LogP contribution in [0.4, 0.5) is 0 Å². The third-order valence-corrected chi connectivity index (χ3v) is 1.46. The molecule has 0 saturated heterocycles. The first-order valence-corrected chi connectivity index (χ1v) is 3.42. The minimum atomic E-state index is -0.250. The van der Waals surface area contributed by atoms with Gasteiger partial charge in [-0.25, -0.2) is 0 Å². The van der Waals surface area contributed by atoms with Gasteiger partial charge in [-0.2, -0.15) is 0 Å². The number of nitrogens with zero attached hydrogens (tertiary/aromatic N) is 1. The molecule has 0 aliphatic carbocycles. The van der Waals surface area contributed by atoms with Gasteiger partial charge in [0.25, 0.3) is 0 Å². The fourth-order valence-electron chi connectivity index (χ4n) is 0.864. The molecule has 0 aliphatic heterocycles. The van der Waals surface area contributed by atoms with Gasteiger partial charge in [0.05, 0.1) is 6.54 Å². The highest BCUT2D eigenvalue weighted by atomic mass is 16.1. The number of aromatic nitrogens is 1. The van der Waals surface area contributed by atoms with Crippen molar-refractivity contribution in [3.8, 4) is 0 Å².